The van der Waals surface area contributed by atoms with E-state index >= 15 is 0 Å². The van der Waals surface area contributed by atoms with Crippen molar-refractivity contribution in [1.82, 2.24) is 0 Å². The van der Waals surface area contributed by atoms with E-state index in [-0.39, 0.29) is 11.8 Å². The van der Waals surface area contributed by atoms with Gasteiger partial charge in [0, 0.05) is 27.6 Å². The fraction of sp³-hybridized carbons (Fsp3) is 0.174. The first kappa shape index (κ1) is 20.3. The molecule has 3 aromatic carbocycles. The van der Waals surface area contributed by atoms with Crippen molar-refractivity contribution >= 4 is 34.8 Å². The van der Waals surface area contributed by atoms with Gasteiger partial charge in [-0.2, -0.15) is 0 Å². The average Bonchev–Trinajstić information content (AvgIpc) is 2.75. The standard InChI is InChI=1S/C23H22ClNO2S/c1-27-20-11-3-17(4-12-20)23(26)15-22(16-5-13-21(28-2)14-6-16)25-19-9-7-18(24)8-10-19/h3-14,22,25H,15H2,1-2H3/t22-/m1/s1. The highest BCUT2D eigenvalue weighted by molar-refractivity contribution is 7.98. The van der Waals surface area contributed by atoms with Gasteiger partial charge in [-0.15, -0.1) is 11.8 Å². The van der Waals surface area contributed by atoms with E-state index in [2.05, 4.69) is 29.6 Å². The SMILES string of the molecule is COc1ccc(C(=O)C[C@@H](Nc2ccc(Cl)cc2)c2ccc(SC)cc2)cc1. The maximum atomic E-state index is 12.9. The number of halogens is 1. The summed E-state index contributed by atoms with van der Waals surface area (Å²) in [4.78, 5) is 14.1. The smallest absolute Gasteiger partial charge is 0.165 e. The normalized spacial score (nSPS) is 11.7. The van der Waals surface area contributed by atoms with E-state index in [0.717, 1.165) is 17.0 Å². The highest BCUT2D eigenvalue weighted by atomic mass is 35.5. The quantitative estimate of drug-likeness (QED) is 0.339. The van der Waals surface area contributed by atoms with Crippen molar-refractivity contribution < 1.29 is 9.53 Å². The third kappa shape index (κ3) is 5.31. The lowest BCUT2D eigenvalue weighted by Crippen LogP contribution is -2.16. The Morgan fingerprint density at radius 1 is 1.00 bits per heavy atom. The Hall–Kier alpha value is -2.43. The van der Waals surface area contributed by atoms with E-state index in [9.17, 15) is 4.79 Å². The van der Waals surface area contributed by atoms with Crippen LogP contribution in [0.25, 0.3) is 0 Å². The topological polar surface area (TPSA) is 38.3 Å². The first-order valence-electron chi connectivity index (χ1n) is 8.92. The van der Waals surface area contributed by atoms with Gasteiger partial charge in [0.2, 0.25) is 0 Å². The zero-order valence-corrected chi connectivity index (χ0v) is 17.4. The lowest BCUT2D eigenvalue weighted by Gasteiger charge is -2.20. The fourth-order valence-corrected chi connectivity index (χ4v) is 3.45. The second-order valence-corrected chi connectivity index (χ2v) is 7.65. The van der Waals surface area contributed by atoms with Crippen molar-refractivity contribution in [1.29, 1.82) is 0 Å². The Bertz CT molecular complexity index is 909. The number of hydrogen-bond donors (Lipinski definition) is 1. The maximum Gasteiger partial charge on any atom is 0.165 e. The molecular weight excluding hydrogens is 390 g/mol. The molecule has 0 amide bonds. The molecule has 0 aliphatic heterocycles. The van der Waals surface area contributed by atoms with Gasteiger partial charge in [0.25, 0.3) is 0 Å². The summed E-state index contributed by atoms with van der Waals surface area (Å²) in [5.74, 6) is 0.808. The van der Waals surface area contributed by atoms with Crippen LogP contribution in [-0.2, 0) is 0 Å². The summed E-state index contributed by atoms with van der Waals surface area (Å²) in [5, 5.41) is 4.15. The molecule has 1 N–H and O–H groups in total. The highest BCUT2D eigenvalue weighted by Crippen LogP contribution is 2.27. The number of hydrogen-bond acceptors (Lipinski definition) is 4. The molecule has 0 heterocycles. The molecule has 3 rings (SSSR count). The van der Waals surface area contributed by atoms with E-state index in [1.807, 2.05) is 42.7 Å². The van der Waals surface area contributed by atoms with E-state index < -0.39 is 0 Å². The Labute approximate surface area is 175 Å². The molecule has 0 saturated heterocycles. The first-order valence-corrected chi connectivity index (χ1v) is 10.5. The summed E-state index contributed by atoms with van der Waals surface area (Å²) in [6, 6.07) is 22.9. The Morgan fingerprint density at radius 2 is 1.64 bits per heavy atom. The Balaban J connectivity index is 1.83. The second kappa shape index (κ2) is 9.67. The van der Waals surface area contributed by atoms with Crippen LogP contribution in [0.1, 0.15) is 28.4 Å². The van der Waals surface area contributed by atoms with Crippen molar-refractivity contribution in [3.63, 3.8) is 0 Å². The molecule has 0 spiro atoms. The van der Waals surface area contributed by atoms with Crippen LogP contribution in [0.5, 0.6) is 5.75 Å². The molecular formula is C23H22ClNO2S. The van der Waals surface area contributed by atoms with Gasteiger partial charge in [0.15, 0.2) is 5.78 Å². The number of carbonyl (C=O) groups excluding carboxylic acids is 1. The zero-order valence-electron chi connectivity index (χ0n) is 15.8. The number of carbonyl (C=O) groups is 1. The molecule has 0 bridgehead atoms. The zero-order chi connectivity index (χ0) is 19.9. The van der Waals surface area contributed by atoms with Crippen molar-refractivity contribution in [2.45, 2.75) is 17.4 Å². The molecule has 0 radical (unpaired) electrons. The minimum Gasteiger partial charge on any atom is -0.497 e. The molecule has 28 heavy (non-hydrogen) atoms. The minimum atomic E-state index is -0.147. The van der Waals surface area contributed by atoms with Gasteiger partial charge in [-0.25, -0.2) is 0 Å². The summed E-state index contributed by atoms with van der Waals surface area (Å²) in [6.07, 6.45) is 2.39. The van der Waals surface area contributed by atoms with Gasteiger partial charge in [0.05, 0.1) is 13.2 Å². The van der Waals surface area contributed by atoms with Crippen LogP contribution in [0.3, 0.4) is 0 Å². The van der Waals surface area contributed by atoms with Crippen molar-refractivity contribution in [2.24, 2.45) is 0 Å². The number of rotatable bonds is 8. The minimum absolute atomic E-state index is 0.0723. The summed E-state index contributed by atoms with van der Waals surface area (Å²) < 4.78 is 5.17. The van der Waals surface area contributed by atoms with Crippen LogP contribution in [-0.4, -0.2) is 19.1 Å². The molecule has 0 aliphatic carbocycles. The van der Waals surface area contributed by atoms with Crippen LogP contribution in [0.15, 0.2) is 77.7 Å². The molecule has 3 aromatic rings. The van der Waals surface area contributed by atoms with E-state index in [1.54, 1.807) is 31.0 Å². The third-order valence-electron chi connectivity index (χ3n) is 4.50. The molecule has 5 heteroatoms. The second-order valence-electron chi connectivity index (χ2n) is 6.33. The molecule has 0 fully saturated rings. The molecule has 0 aromatic heterocycles. The number of ether oxygens (including phenoxy) is 1. The lowest BCUT2D eigenvalue weighted by atomic mass is 9.97. The van der Waals surface area contributed by atoms with Crippen molar-refractivity contribution in [3.8, 4) is 5.75 Å². The van der Waals surface area contributed by atoms with E-state index in [0.29, 0.717) is 17.0 Å². The van der Waals surface area contributed by atoms with Crippen molar-refractivity contribution in [3.05, 3.63) is 88.9 Å². The fourth-order valence-electron chi connectivity index (χ4n) is 2.92. The number of nitrogens with one attached hydrogen (secondary N) is 1. The number of ketones is 1. The van der Waals surface area contributed by atoms with Crippen LogP contribution >= 0.6 is 23.4 Å². The van der Waals surface area contributed by atoms with Gasteiger partial charge in [0.1, 0.15) is 5.75 Å². The summed E-state index contributed by atoms with van der Waals surface area (Å²) in [5.41, 5.74) is 2.66. The molecule has 3 nitrogen and oxygen atoms in total. The molecule has 0 aliphatic rings. The Morgan fingerprint density at radius 3 is 2.21 bits per heavy atom. The third-order valence-corrected chi connectivity index (χ3v) is 5.50. The van der Waals surface area contributed by atoms with Gasteiger partial charge in [-0.05, 0) is 72.5 Å². The van der Waals surface area contributed by atoms with Crippen LogP contribution in [0.4, 0.5) is 5.69 Å². The molecule has 144 valence electrons. The molecule has 1 atom stereocenters. The average molecular weight is 412 g/mol. The van der Waals surface area contributed by atoms with Gasteiger partial charge in [-0.3, -0.25) is 4.79 Å². The van der Waals surface area contributed by atoms with E-state index in [4.69, 9.17) is 16.3 Å². The molecule has 0 saturated carbocycles. The monoisotopic (exact) mass is 411 g/mol. The van der Waals surface area contributed by atoms with Crippen LogP contribution in [0, 0.1) is 0 Å². The molecule has 0 unspecified atom stereocenters. The van der Waals surface area contributed by atoms with Gasteiger partial charge in [-0.1, -0.05) is 23.7 Å². The maximum absolute atomic E-state index is 12.9. The van der Waals surface area contributed by atoms with Crippen molar-refractivity contribution in [2.75, 3.05) is 18.7 Å². The predicted octanol–water partition coefficient (Wildman–Crippen LogP) is 6.50. The summed E-state index contributed by atoms with van der Waals surface area (Å²) in [7, 11) is 1.61. The van der Waals surface area contributed by atoms with Crippen LogP contribution < -0.4 is 10.1 Å². The Kier molecular flexibility index (Phi) is 7.01. The predicted molar refractivity (Wildman–Crippen MR) is 118 cm³/mol. The number of Topliss-reactive ketones (excluding diaryl/α,β-unsaturated/α-hetero) is 1. The van der Waals surface area contributed by atoms with Gasteiger partial charge >= 0.3 is 0 Å². The van der Waals surface area contributed by atoms with Gasteiger partial charge < -0.3 is 10.1 Å². The van der Waals surface area contributed by atoms with Crippen LogP contribution in [0.2, 0.25) is 5.02 Å². The number of thioether (sulfide) groups is 1. The largest absolute Gasteiger partial charge is 0.497 e. The number of anilines is 1. The summed E-state index contributed by atoms with van der Waals surface area (Å²) in [6.45, 7) is 0. The lowest BCUT2D eigenvalue weighted by molar-refractivity contribution is 0.0976. The first-order chi connectivity index (χ1) is 13.6. The summed E-state index contributed by atoms with van der Waals surface area (Å²) >= 11 is 7.69. The van der Waals surface area contributed by atoms with E-state index in [1.165, 1.54) is 4.90 Å². The highest BCUT2D eigenvalue weighted by Gasteiger charge is 2.18. The number of methoxy groups -OCH3 is 1. The number of benzene rings is 3.